The number of anilines is 1. The number of carbonyl (C=O) groups excluding carboxylic acids is 3. The zero-order valence-corrected chi connectivity index (χ0v) is 11.5. The molecule has 0 saturated carbocycles. The molecule has 7 heteroatoms. The standard InChI is InChI=1S/C13H13ClN2O4/c1-20-11(17)5-4-10-13(19)15-9-3-2-7(14)6-8(9)12(18)16-10/h2-3,6,10H,4-5H2,1H3,(H,15,19)(H,16,18)/t10-/m1/s1. The lowest BCUT2D eigenvalue weighted by Crippen LogP contribution is -2.41. The molecule has 2 rings (SSSR count). The van der Waals surface area contributed by atoms with Crippen LogP contribution in [0.2, 0.25) is 5.02 Å². The number of amides is 2. The fourth-order valence-corrected chi connectivity index (χ4v) is 2.07. The summed E-state index contributed by atoms with van der Waals surface area (Å²) >= 11 is 5.84. The van der Waals surface area contributed by atoms with Crippen molar-refractivity contribution in [2.45, 2.75) is 18.9 Å². The summed E-state index contributed by atoms with van der Waals surface area (Å²) in [5.41, 5.74) is 0.698. The van der Waals surface area contributed by atoms with E-state index >= 15 is 0 Å². The van der Waals surface area contributed by atoms with Crippen molar-refractivity contribution in [1.29, 1.82) is 0 Å². The largest absolute Gasteiger partial charge is 0.469 e. The molecule has 2 amide bonds. The SMILES string of the molecule is COC(=O)CC[C@H]1NC(=O)c2cc(Cl)ccc2NC1=O. The monoisotopic (exact) mass is 296 g/mol. The predicted molar refractivity (Wildman–Crippen MR) is 72.6 cm³/mol. The van der Waals surface area contributed by atoms with Crippen LogP contribution in [0.3, 0.4) is 0 Å². The van der Waals surface area contributed by atoms with Crippen molar-refractivity contribution in [3.8, 4) is 0 Å². The van der Waals surface area contributed by atoms with Gasteiger partial charge in [-0.2, -0.15) is 0 Å². The van der Waals surface area contributed by atoms with E-state index < -0.39 is 17.9 Å². The van der Waals surface area contributed by atoms with E-state index in [0.717, 1.165) is 0 Å². The van der Waals surface area contributed by atoms with E-state index in [1.165, 1.54) is 13.2 Å². The van der Waals surface area contributed by atoms with Crippen molar-refractivity contribution in [1.82, 2.24) is 5.32 Å². The summed E-state index contributed by atoms with van der Waals surface area (Å²) in [5.74, 6) is -1.21. The number of esters is 1. The molecule has 2 N–H and O–H groups in total. The number of hydrogen-bond donors (Lipinski definition) is 2. The Morgan fingerprint density at radius 3 is 2.85 bits per heavy atom. The molecule has 20 heavy (non-hydrogen) atoms. The number of benzene rings is 1. The third-order valence-electron chi connectivity index (χ3n) is 2.97. The highest BCUT2D eigenvalue weighted by atomic mass is 35.5. The molecular weight excluding hydrogens is 284 g/mol. The Morgan fingerprint density at radius 2 is 2.15 bits per heavy atom. The van der Waals surface area contributed by atoms with Gasteiger partial charge in [-0.3, -0.25) is 14.4 Å². The van der Waals surface area contributed by atoms with E-state index in [1.807, 2.05) is 0 Å². The molecule has 0 aromatic heterocycles. The number of fused-ring (bicyclic) bond motifs is 1. The van der Waals surface area contributed by atoms with Gasteiger partial charge >= 0.3 is 5.97 Å². The van der Waals surface area contributed by atoms with Crippen LogP contribution in [0.4, 0.5) is 5.69 Å². The van der Waals surface area contributed by atoms with Gasteiger partial charge in [-0.1, -0.05) is 11.6 Å². The van der Waals surface area contributed by atoms with Crippen LogP contribution in [-0.4, -0.2) is 30.9 Å². The van der Waals surface area contributed by atoms with Gasteiger partial charge in [0.15, 0.2) is 0 Å². The van der Waals surface area contributed by atoms with Crippen molar-refractivity contribution in [2.24, 2.45) is 0 Å². The summed E-state index contributed by atoms with van der Waals surface area (Å²) in [6.07, 6.45) is 0.220. The van der Waals surface area contributed by atoms with Crippen LogP contribution in [0, 0.1) is 0 Å². The second kappa shape index (κ2) is 5.92. The van der Waals surface area contributed by atoms with E-state index in [9.17, 15) is 14.4 Å². The molecular formula is C13H13ClN2O4. The molecule has 0 unspecified atom stereocenters. The maximum atomic E-state index is 12.0. The molecule has 0 bridgehead atoms. The number of hydrogen-bond acceptors (Lipinski definition) is 4. The van der Waals surface area contributed by atoms with Crippen molar-refractivity contribution < 1.29 is 19.1 Å². The number of ether oxygens (including phenoxy) is 1. The van der Waals surface area contributed by atoms with Gasteiger partial charge in [0, 0.05) is 11.4 Å². The van der Waals surface area contributed by atoms with Gasteiger partial charge in [0.25, 0.3) is 5.91 Å². The van der Waals surface area contributed by atoms with Gasteiger partial charge < -0.3 is 15.4 Å². The molecule has 106 valence electrons. The Morgan fingerprint density at radius 1 is 1.40 bits per heavy atom. The molecule has 1 aliphatic heterocycles. The molecule has 0 fully saturated rings. The number of rotatable bonds is 3. The van der Waals surface area contributed by atoms with E-state index in [-0.39, 0.29) is 18.7 Å². The third-order valence-corrected chi connectivity index (χ3v) is 3.21. The van der Waals surface area contributed by atoms with Crippen LogP contribution in [-0.2, 0) is 14.3 Å². The minimum atomic E-state index is -0.784. The van der Waals surface area contributed by atoms with Gasteiger partial charge in [0.05, 0.1) is 18.4 Å². The van der Waals surface area contributed by atoms with Crippen LogP contribution in [0.25, 0.3) is 0 Å². The van der Waals surface area contributed by atoms with Gasteiger partial charge in [0.2, 0.25) is 5.91 Å². The second-order valence-electron chi connectivity index (χ2n) is 4.32. The summed E-state index contributed by atoms with van der Waals surface area (Å²) in [6, 6.07) is 3.85. The highest BCUT2D eigenvalue weighted by Gasteiger charge is 2.28. The summed E-state index contributed by atoms with van der Waals surface area (Å²) in [7, 11) is 1.27. The first-order valence-electron chi connectivity index (χ1n) is 5.99. The minimum Gasteiger partial charge on any atom is -0.469 e. The molecule has 0 spiro atoms. The summed E-state index contributed by atoms with van der Waals surface area (Å²) in [5, 5.41) is 5.62. The maximum Gasteiger partial charge on any atom is 0.305 e. The molecule has 1 aromatic carbocycles. The van der Waals surface area contributed by atoms with Crippen molar-refractivity contribution >= 4 is 35.1 Å². The first-order chi connectivity index (χ1) is 9.51. The molecule has 1 aliphatic rings. The topological polar surface area (TPSA) is 84.5 Å². The van der Waals surface area contributed by atoms with Crippen LogP contribution >= 0.6 is 11.6 Å². The van der Waals surface area contributed by atoms with Crippen LogP contribution in [0.5, 0.6) is 0 Å². The fraction of sp³-hybridized carbons (Fsp3) is 0.308. The van der Waals surface area contributed by atoms with Gasteiger partial charge in [-0.05, 0) is 24.6 Å². The number of carbonyl (C=O) groups is 3. The van der Waals surface area contributed by atoms with E-state index in [4.69, 9.17) is 11.6 Å². The Bertz CT molecular complexity index is 573. The van der Waals surface area contributed by atoms with Crippen molar-refractivity contribution in [2.75, 3.05) is 12.4 Å². The zero-order valence-electron chi connectivity index (χ0n) is 10.7. The van der Waals surface area contributed by atoms with Crippen molar-refractivity contribution in [3.63, 3.8) is 0 Å². The molecule has 0 saturated heterocycles. The molecule has 0 aliphatic carbocycles. The summed E-state index contributed by atoms with van der Waals surface area (Å²) in [6.45, 7) is 0. The number of methoxy groups -OCH3 is 1. The Labute approximate surface area is 120 Å². The quantitative estimate of drug-likeness (QED) is 0.825. The van der Waals surface area contributed by atoms with Crippen LogP contribution in [0.1, 0.15) is 23.2 Å². The van der Waals surface area contributed by atoms with E-state index in [1.54, 1.807) is 12.1 Å². The lowest BCUT2D eigenvalue weighted by atomic mass is 10.1. The average molecular weight is 297 g/mol. The van der Waals surface area contributed by atoms with Gasteiger partial charge in [-0.15, -0.1) is 0 Å². The fourth-order valence-electron chi connectivity index (χ4n) is 1.90. The van der Waals surface area contributed by atoms with E-state index in [2.05, 4.69) is 15.4 Å². The smallest absolute Gasteiger partial charge is 0.305 e. The molecule has 1 heterocycles. The Hall–Kier alpha value is -2.08. The lowest BCUT2D eigenvalue weighted by molar-refractivity contribution is -0.140. The van der Waals surface area contributed by atoms with Gasteiger partial charge in [0.1, 0.15) is 6.04 Å². The highest BCUT2D eigenvalue weighted by molar-refractivity contribution is 6.31. The first-order valence-corrected chi connectivity index (χ1v) is 6.37. The predicted octanol–water partition coefficient (Wildman–Crippen LogP) is 1.34. The van der Waals surface area contributed by atoms with Crippen LogP contribution < -0.4 is 10.6 Å². The van der Waals surface area contributed by atoms with E-state index in [0.29, 0.717) is 16.3 Å². The third kappa shape index (κ3) is 3.08. The van der Waals surface area contributed by atoms with Crippen LogP contribution in [0.15, 0.2) is 18.2 Å². The molecule has 1 atom stereocenters. The summed E-state index contributed by atoms with van der Waals surface area (Å²) < 4.78 is 4.51. The maximum absolute atomic E-state index is 12.0. The lowest BCUT2D eigenvalue weighted by Gasteiger charge is -2.13. The molecule has 6 nitrogen and oxygen atoms in total. The Balaban J connectivity index is 2.17. The number of halogens is 1. The summed E-state index contributed by atoms with van der Waals surface area (Å²) in [4.78, 5) is 35.2. The normalized spacial score (nSPS) is 17.6. The molecule has 0 radical (unpaired) electrons. The number of nitrogens with one attached hydrogen (secondary N) is 2. The zero-order chi connectivity index (χ0) is 14.7. The Kier molecular flexibility index (Phi) is 4.24. The molecule has 1 aromatic rings. The first kappa shape index (κ1) is 14.3. The highest BCUT2D eigenvalue weighted by Crippen LogP contribution is 2.23. The van der Waals surface area contributed by atoms with Gasteiger partial charge in [-0.25, -0.2) is 0 Å². The average Bonchev–Trinajstić information content (AvgIpc) is 2.54. The minimum absolute atomic E-state index is 0.0476. The second-order valence-corrected chi connectivity index (χ2v) is 4.76. The van der Waals surface area contributed by atoms with Crippen molar-refractivity contribution in [3.05, 3.63) is 28.8 Å².